The van der Waals surface area contributed by atoms with Crippen molar-refractivity contribution in [3.8, 4) is 0 Å². The van der Waals surface area contributed by atoms with Gasteiger partial charge in [-0.2, -0.15) is 0 Å². The normalized spacial score (nSPS) is 27.7. The van der Waals surface area contributed by atoms with Crippen LogP contribution in [0.15, 0.2) is 30.3 Å². The molecule has 2 aliphatic rings. The van der Waals surface area contributed by atoms with E-state index in [4.69, 9.17) is 4.74 Å². The highest BCUT2D eigenvalue weighted by Gasteiger charge is 2.36. The number of amides is 2. The molecule has 1 aromatic rings. The molecular formula is C17H24N2O2. The van der Waals surface area contributed by atoms with Crippen molar-refractivity contribution >= 4 is 6.03 Å². The fourth-order valence-electron chi connectivity index (χ4n) is 2.84. The van der Waals surface area contributed by atoms with Crippen molar-refractivity contribution in [1.82, 2.24) is 10.2 Å². The first-order chi connectivity index (χ1) is 10.2. The van der Waals surface area contributed by atoms with Gasteiger partial charge in [0.05, 0.1) is 13.2 Å². The lowest BCUT2D eigenvalue weighted by atomic mass is 10.1. The van der Waals surface area contributed by atoms with Crippen molar-refractivity contribution in [2.24, 2.45) is 11.8 Å². The van der Waals surface area contributed by atoms with Crippen molar-refractivity contribution in [2.75, 3.05) is 19.7 Å². The number of hydrogen-bond acceptors (Lipinski definition) is 2. The number of rotatable bonds is 5. The highest BCUT2D eigenvalue weighted by molar-refractivity contribution is 5.75. The molecule has 1 saturated heterocycles. The van der Waals surface area contributed by atoms with Gasteiger partial charge in [-0.15, -0.1) is 0 Å². The first-order valence-corrected chi connectivity index (χ1v) is 7.89. The maximum Gasteiger partial charge on any atom is 0.317 e. The molecule has 0 unspecified atom stereocenters. The van der Waals surface area contributed by atoms with Crippen LogP contribution in [0.2, 0.25) is 0 Å². The Bertz CT molecular complexity index is 477. The van der Waals surface area contributed by atoms with E-state index in [1.807, 2.05) is 23.1 Å². The molecule has 1 saturated carbocycles. The number of benzene rings is 1. The third kappa shape index (κ3) is 3.97. The lowest BCUT2D eigenvalue weighted by Crippen LogP contribution is -2.40. The molecule has 1 aromatic carbocycles. The summed E-state index contributed by atoms with van der Waals surface area (Å²) < 4.78 is 5.78. The Hall–Kier alpha value is -1.55. The predicted molar refractivity (Wildman–Crippen MR) is 81.9 cm³/mol. The molecule has 0 bridgehead atoms. The smallest absolute Gasteiger partial charge is 0.317 e. The van der Waals surface area contributed by atoms with Gasteiger partial charge in [-0.1, -0.05) is 37.3 Å². The lowest BCUT2D eigenvalue weighted by Gasteiger charge is -2.17. The predicted octanol–water partition coefficient (Wildman–Crippen LogP) is 2.64. The van der Waals surface area contributed by atoms with Crippen LogP contribution in [0.5, 0.6) is 0 Å². The van der Waals surface area contributed by atoms with E-state index in [0.29, 0.717) is 24.5 Å². The van der Waals surface area contributed by atoms with Gasteiger partial charge in [0, 0.05) is 25.0 Å². The average molecular weight is 288 g/mol. The SMILES string of the molecule is C[C@@H]1C[C@H]1NC(=O)N1CC[C@H](COCc2ccccc2)C1. The molecule has 21 heavy (non-hydrogen) atoms. The zero-order valence-electron chi connectivity index (χ0n) is 12.6. The highest BCUT2D eigenvalue weighted by atomic mass is 16.5. The van der Waals surface area contributed by atoms with Crippen LogP contribution >= 0.6 is 0 Å². The molecule has 4 nitrogen and oxygen atoms in total. The third-order valence-electron chi connectivity index (χ3n) is 4.46. The molecule has 1 heterocycles. The maximum atomic E-state index is 12.1. The van der Waals surface area contributed by atoms with E-state index in [0.717, 1.165) is 32.5 Å². The van der Waals surface area contributed by atoms with Gasteiger partial charge in [0.25, 0.3) is 0 Å². The molecule has 2 fully saturated rings. The Balaban J connectivity index is 1.35. The monoisotopic (exact) mass is 288 g/mol. The molecule has 0 radical (unpaired) electrons. The van der Waals surface area contributed by atoms with E-state index in [9.17, 15) is 4.79 Å². The van der Waals surface area contributed by atoms with Crippen molar-refractivity contribution in [1.29, 1.82) is 0 Å². The number of likely N-dealkylation sites (tertiary alicyclic amines) is 1. The van der Waals surface area contributed by atoms with Gasteiger partial charge in [-0.3, -0.25) is 0 Å². The molecule has 3 rings (SSSR count). The average Bonchev–Trinajstić information content (AvgIpc) is 3.00. The van der Waals surface area contributed by atoms with E-state index >= 15 is 0 Å². The van der Waals surface area contributed by atoms with Crippen LogP contribution in [0.25, 0.3) is 0 Å². The Morgan fingerprint density at radius 3 is 2.86 bits per heavy atom. The Labute approximate surface area is 126 Å². The number of nitrogens with one attached hydrogen (secondary N) is 1. The van der Waals surface area contributed by atoms with Gasteiger partial charge in [-0.25, -0.2) is 4.79 Å². The number of nitrogens with zero attached hydrogens (tertiary/aromatic N) is 1. The van der Waals surface area contributed by atoms with E-state index in [1.54, 1.807) is 0 Å². The molecule has 2 amide bonds. The zero-order valence-corrected chi connectivity index (χ0v) is 12.6. The fourth-order valence-corrected chi connectivity index (χ4v) is 2.84. The first-order valence-electron chi connectivity index (χ1n) is 7.89. The summed E-state index contributed by atoms with van der Waals surface area (Å²) in [5.74, 6) is 1.12. The summed E-state index contributed by atoms with van der Waals surface area (Å²) in [5, 5.41) is 3.09. The van der Waals surface area contributed by atoms with Gasteiger partial charge >= 0.3 is 6.03 Å². The van der Waals surface area contributed by atoms with Gasteiger partial charge in [0.2, 0.25) is 0 Å². The molecular weight excluding hydrogens is 264 g/mol. The topological polar surface area (TPSA) is 41.6 Å². The summed E-state index contributed by atoms with van der Waals surface area (Å²) in [4.78, 5) is 14.0. The summed E-state index contributed by atoms with van der Waals surface area (Å²) in [6.45, 7) is 5.24. The van der Waals surface area contributed by atoms with Crippen molar-refractivity contribution in [3.05, 3.63) is 35.9 Å². The zero-order chi connectivity index (χ0) is 14.7. The summed E-state index contributed by atoms with van der Waals surface area (Å²) in [7, 11) is 0. The Morgan fingerprint density at radius 1 is 1.38 bits per heavy atom. The maximum absolute atomic E-state index is 12.1. The van der Waals surface area contributed by atoms with Crippen molar-refractivity contribution in [3.63, 3.8) is 0 Å². The van der Waals surface area contributed by atoms with Crippen LogP contribution < -0.4 is 5.32 Å². The van der Waals surface area contributed by atoms with Gasteiger partial charge in [0.1, 0.15) is 0 Å². The van der Waals surface area contributed by atoms with Crippen LogP contribution in [-0.4, -0.2) is 36.7 Å². The third-order valence-corrected chi connectivity index (χ3v) is 4.46. The molecule has 1 aliphatic carbocycles. The van der Waals surface area contributed by atoms with Gasteiger partial charge in [-0.05, 0) is 24.3 Å². The van der Waals surface area contributed by atoms with Gasteiger partial charge < -0.3 is 15.0 Å². The first kappa shape index (κ1) is 14.4. The second-order valence-corrected chi connectivity index (χ2v) is 6.37. The lowest BCUT2D eigenvalue weighted by molar-refractivity contribution is 0.0897. The Morgan fingerprint density at radius 2 is 2.14 bits per heavy atom. The molecule has 3 atom stereocenters. The summed E-state index contributed by atoms with van der Waals surface area (Å²) >= 11 is 0. The van der Waals surface area contributed by atoms with Crippen molar-refractivity contribution in [2.45, 2.75) is 32.4 Å². The highest BCUT2D eigenvalue weighted by Crippen LogP contribution is 2.29. The van der Waals surface area contributed by atoms with Crippen LogP contribution in [0.3, 0.4) is 0 Å². The number of ether oxygens (including phenoxy) is 1. The molecule has 0 spiro atoms. The summed E-state index contributed by atoms with van der Waals surface area (Å²) in [6, 6.07) is 10.7. The number of hydrogen-bond donors (Lipinski definition) is 1. The van der Waals surface area contributed by atoms with Crippen molar-refractivity contribution < 1.29 is 9.53 Å². The largest absolute Gasteiger partial charge is 0.376 e. The summed E-state index contributed by atoms with van der Waals surface area (Å²) in [6.07, 6.45) is 2.17. The molecule has 0 aromatic heterocycles. The van der Waals surface area contributed by atoms with Crippen LogP contribution in [0, 0.1) is 11.8 Å². The van der Waals surface area contributed by atoms with E-state index in [-0.39, 0.29) is 6.03 Å². The molecule has 1 aliphatic heterocycles. The second kappa shape index (κ2) is 6.48. The number of carbonyl (C=O) groups excluding carboxylic acids is 1. The van der Waals surface area contributed by atoms with Crippen LogP contribution in [-0.2, 0) is 11.3 Å². The molecule has 114 valence electrons. The number of carbonyl (C=O) groups is 1. The molecule has 4 heteroatoms. The quantitative estimate of drug-likeness (QED) is 0.905. The minimum atomic E-state index is 0.106. The Kier molecular flexibility index (Phi) is 4.44. The van der Waals surface area contributed by atoms with Crippen LogP contribution in [0.4, 0.5) is 4.79 Å². The number of urea groups is 1. The van der Waals surface area contributed by atoms with E-state index in [2.05, 4.69) is 24.4 Å². The molecule has 1 N–H and O–H groups in total. The minimum Gasteiger partial charge on any atom is -0.376 e. The summed E-state index contributed by atoms with van der Waals surface area (Å²) in [5.41, 5.74) is 1.20. The standard InChI is InChI=1S/C17H24N2O2/c1-13-9-16(13)18-17(20)19-8-7-15(10-19)12-21-11-14-5-3-2-4-6-14/h2-6,13,15-16H,7-12H2,1H3,(H,18,20)/t13-,15+,16-/m1/s1. The second-order valence-electron chi connectivity index (χ2n) is 6.37. The minimum absolute atomic E-state index is 0.106. The van der Waals surface area contributed by atoms with E-state index in [1.165, 1.54) is 5.56 Å². The van der Waals surface area contributed by atoms with E-state index < -0.39 is 0 Å². The fraction of sp³-hybridized carbons (Fsp3) is 0.588. The van der Waals surface area contributed by atoms with Gasteiger partial charge in [0.15, 0.2) is 0 Å². The van der Waals surface area contributed by atoms with Crippen LogP contribution in [0.1, 0.15) is 25.3 Å².